The van der Waals surface area contributed by atoms with Crippen LogP contribution in [0.15, 0.2) is 4.99 Å². The molecule has 1 fully saturated rings. The van der Waals surface area contributed by atoms with E-state index in [-0.39, 0.29) is 0 Å². The molecular formula is C14H26N2S2. The third-order valence-electron chi connectivity index (χ3n) is 4.33. The van der Waals surface area contributed by atoms with E-state index in [0.717, 1.165) is 18.3 Å². The predicted molar refractivity (Wildman–Crippen MR) is 85.9 cm³/mol. The molecule has 0 amide bonds. The van der Waals surface area contributed by atoms with E-state index in [1.54, 1.807) is 0 Å². The lowest BCUT2D eigenvalue weighted by molar-refractivity contribution is 0.318. The summed E-state index contributed by atoms with van der Waals surface area (Å²) in [6.45, 7) is 6.74. The highest BCUT2D eigenvalue weighted by Gasteiger charge is 2.30. The van der Waals surface area contributed by atoms with Crippen LogP contribution >= 0.6 is 23.5 Å². The van der Waals surface area contributed by atoms with E-state index in [1.807, 2.05) is 11.8 Å². The Kier molecular flexibility index (Phi) is 5.74. The van der Waals surface area contributed by atoms with Gasteiger partial charge in [-0.15, -0.1) is 0 Å². The first-order valence-corrected chi connectivity index (χ1v) is 9.34. The summed E-state index contributed by atoms with van der Waals surface area (Å²) >= 11 is 4.07. The normalized spacial score (nSPS) is 27.7. The van der Waals surface area contributed by atoms with Gasteiger partial charge in [-0.3, -0.25) is 4.99 Å². The molecule has 1 saturated heterocycles. The number of rotatable bonds is 4. The molecule has 2 nitrogen and oxygen atoms in total. The molecular weight excluding hydrogens is 260 g/mol. The van der Waals surface area contributed by atoms with Crippen molar-refractivity contribution < 1.29 is 0 Å². The highest BCUT2D eigenvalue weighted by atomic mass is 32.2. The van der Waals surface area contributed by atoms with Crippen LogP contribution in [0.2, 0.25) is 0 Å². The zero-order valence-electron chi connectivity index (χ0n) is 11.7. The number of hydrogen-bond acceptors (Lipinski definition) is 4. The molecule has 2 heterocycles. The standard InChI is InChI=1S/C14H26N2S2/c1-3-14(4-2)10-16-13(18-11-14)15-9-12-7-5-6-8-17-12/h12H,3-11H2,1-2H3,(H,15,16). The number of thioether (sulfide) groups is 2. The van der Waals surface area contributed by atoms with Crippen molar-refractivity contribution in [2.45, 2.75) is 51.2 Å². The molecule has 0 bridgehead atoms. The van der Waals surface area contributed by atoms with Gasteiger partial charge in [0.15, 0.2) is 5.17 Å². The van der Waals surface area contributed by atoms with Gasteiger partial charge in [0.25, 0.3) is 0 Å². The number of aliphatic imine (C=N–C) groups is 1. The smallest absolute Gasteiger partial charge is 0.156 e. The molecule has 0 aliphatic carbocycles. The molecule has 0 saturated carbocycles. The average molecular weight is 287 g/mol. The molecule has 0 aromatic carbocycles. The van der Waals surface area contributed by atoms with Gasteiger partial charge in [-0.1, -0.05) is 32.0 Å². The lowest BCUT2D eigenvalue weighted by Gasteiger charge is -2.33. The molecule has 104 valence electrons. The Morgan fingerprint density at radius 2 is 2.17 bits per heavy atom. The minimum atomic E-state index is 0.468. The Labute approximate surface area is 120 Å². The Morgan fingerprint density at radius 3 is 2.72 bits per heavy atom. The van der Waals surface area contributed by atoms with Gasteiger partial charge >= 0.3 is 0 Å². The van der Waals surface area contributed by atoms with Crippen molar-refractivity contribution in [2.24, 2.45) is 10.4 Å². The van der Waals surface area contributed by atoms with Gasteiger partial charge in [0, 0.05) is 24.1 Å². The fourth-order valence-electron chi connectivity index (χ4n) is 2.51. The summed E-state index contributed by atoms with van der Waals surface area (Å²) < 4.78 is 0. The van der Waals surface area contributed by atoms with Crippen molar-refractivity contribution in [1.82, 2.24) is 5.32 Å². The second-order valence-electron chi connectivity index (χ2n) is 5.49. The van der Waals surface area contributed by atoms with Gasteiger partial charge in [-0.25, -0.2) is 0 Å². The Bertz CT molecular complexity index is 282. The monoisotopic (exact) mass is 286 g/mol. The molecule has 2 aliphatic heterocycles. The van der Waals surface area contributed by atoms with Crippen LogP contribution in [-0.2, 0) is 0 Å². The topological polar surface area (TPSA) is 24.4 Å². The molecule has 0 spiro atoms. The molecule has 0 aromatic heterocycles. The third kappa shape index (κ3) is 3.83. The number of amidine groups is 1. The van der Waals surface area contributed by atoms with E-state index in [2.05, 4.69) is 30.9 Å². The van der Waals surface area contributed by atoms with E-state index >= 15 is 0 Å². The fraction of sp³-hybridized carbons (Fsp3) is 0.929. The number of nitrogens with zero attached hydrogens (tertiary/aromatic N) is 1. The maximum absolute atomic E-state index is 4.77. The molecule has 0 radical (unpaired) electrons. The van der Waals surface area contributed by atoms with Crippen molar-refractivity contribution in [3.63, 3.8) is 0 Å². The van der Waals surface area contributed by atoms with Crippen LogP contribution in [0.5, 0.6) is 0 Å². The van der Waals surface area contributed by atoms with Gasteiger partial charge in [0.2, 0.25) is 0 Å². The van der Waals surface area contributed by atoms with Gasteiger partial charge in [-0.2, -0.15) is 11.8 Å². The van der Waals surface area contributed by atoms with Crippen LogP contribution in [0.25, 0.3) is 0 Å². The number of nitrogens with one attached hydrogen (secondary N) is 1. The van der Waals surface area contributed by atoms with E-state index in [9.17, 15) is 0 Å². The van der Waals surface area contributed by atoms with E-state index in [4.69, 9.17) is 4.99 Å². The first-order chi connectivity index (χ1) is 8.78. The third-order valence-corrected chi connectivity index (χ3v) is 7.03. The molecule has 1 unspecified atom stereocenters. The summed E-state index contributed by atoms with van der Waals surface area (Å²) in [7, 11) is 0. The Hall–Kier alpha value is 0.170. The van der Waals surface area contributed by atoms with Crippen LogP contribution in [-0.4, -0.2) is 35.0 Å². The molecule has 1 atom stereocenters. The van der Waals surface area contributed by atoms with Gasteiger partial charge in [0.1, 0.15) is 0 Å². The maximum atomic E-state index is 4.77. The molecule has 4 heteroatoms. The second-order valence-corrected chi connectivity index (χ2v) is 7.86. The summed E-state index contributed by atoms with van der Waals surface area (Å²) in [6, 6.07) is 0. The van der Waals surface area contributed by atoms with Crippen LogP contribution < -0.4 is 5.32 Å². The Balaban J connectivity index is 1.76. The average Bonchev–Trinajstić information content (AvgIpc) is 2.47. The van der Waals surface area contributed by atoms with Crippen molar-refractivity contribution in [2.75, 3.05) is 24.6 Å². The summed E-state index contributed by atoms with van der Waals surface area (Å²) in [5.74, 6) is 2.59. The highest BCUT2D eigenvalue weighted by Crippen LogP contribution is 2.34. The zero-order valence-corrected chi connectivity index (χ0v) is 13.3. The Morgan fingerprint density at radius 1 is 1.33 bits per heavy atom. The van der Waals surface area contributed by atoms with Crippen molar-refractivity contribution in [1.29, 1.82) is 0 Å². The number of hydrogen-bond donors (Lipinski definition) is 1. The van der Waals surface area contributed by atoms with Crippen LogP contribution in [0.3, 0.4) is 0 Å². The molecule has 0 aromatic rings. The summed E-state index contributed by atoms with van der Waals surface area (Å²) in [5.41, 5.74) is 0.468. The highest BCUT2D eigenvalue weighted by molar-refractivity contribution is 8.13. The SMILES string of the molecule is CCC1(CC)CN=C(NCC2CCCCS2)SC1. The quantitative estimate of drug-likeness (QED) is 0.851. The largest absolute Gasteiger partial charge is 0.364 e. The van der Waals surface area contributed by atoms with Crippen LogP contribution in [0.4, 0.5) is 0 Å². The van der Waals surface area contributed by atoms with Crippen molar-refractivity contribution in [3.8, 4) is 0 Å². The van der Waals surface area contributed by atoms with E-state index in [0.29, 0.717) is 5.41 Å². The molecule has 18 heavy (non-hydrogen) atoms. The molecule has 2 aliphatic rings. The molecule has 2 rings (SSSR count). The minimum Gasteiger partial charge on any atom is -0.364 e. The van der Waals surface area contributed by atoms with Crippen LogP contribution in [0.1, 0.15) is 46.0 Å². The second kappa shape index (κ2) is 7.09. The van der Waals surface area contributed by atoms with Gasteiger partial charge in [0.05, 0.1) is 0 Å². The maximum Gasteiger partial charge on any atom is 0.156 e. The van der Waals surface area contributed by atoms with Crippen molar-refractivity contribution in [3.05, 3.63) is 0 Å². The lowest BCUT2D eigenvalue weighted by Crippen LogP contribution is -2.37. The minimum absolute atomic E-state index is 0.468. The fourth-order valence-corrected chi connectivity index (χ4v) is 5.03. The van der Waals surface area contributed by atoms with Gasteiger partial charge in [-0.05, 0) is 36.9 Å². The lowest BCUT2D eigenvalue weighted by atomic mass is 9.84. The van der Waals surface area contributed by atoms with E-state index in [1.165, 1.54) is 48.8 Å². The van der Waals surface area contributed by atoms with Gasteiger partial charge < -0.3 is 5.32 Å². The predicted octanol–water partition coefficient (Wildman–Crippen LogP) is 3.77. The zero-order chi connectivity index (χ0) is 12.8. The molecule has 1 N–H and O–H groups in total. The first kappa shape index (κ1) is 14.6. The van der Waals surface area contributed by atoms with Crippen LogP contribution in [0, 0.1) is 5.41 Å². The first-order valence-electron chi connectivity index (χ1n) is 7.31. The van der Waals surface area contributed by atoms with E-state index < -0.39 is 0 Å². The summed E-state index contributed by atoms with van der Waals surface area (Å²) in [4.78, 5) is 4.77. The summed E-state index contributed by atoms with van der Waals surface area (Å²) in [6.07, 6.45) is 6.71. The summed E-state index contributed by atoms with van der Waals surface area (Å²) in [5, 5.41) is 5.57. The van der Waals surface area contributed by atoms with Crippen molar-refractivity contribution >= 4 is 28.7 Å².